The number of fused-ring (bicyclic) bond motifs is 6. The van der Waals surface area contributed by atoms with Crippen molar-refractivity contribution >= 4 is 38.6 Å². The van der Waals surface area contributed by atoms with Crippen molar-refractivity contribution < 1.29 is 14.3 Å². The highest BCUT2D eigenvalue weighted by atomic mass is 16.7. The summed E-state index contributed by atoms with van der Waals surface area (Å²) in [4.78, 5) is 28.3. The number of aromatic nitrogens is 2. The third-order valence-corrected chi connectivity index (χ3v) is 6.36. The zero-order valence-corrected chi connectivity index (χ0v) is 19.2. The maximum absolute atomic E-state index is 12.9. The van der Waals surface area contributed by atoms with Crippen LogP contribution in [0.25, 0.3) is 32.7 Å². The Balaban J connectivity index is 1.48. The Morgan fingerprint density at radius 3 is 2.51 bits per heavy atom. The van der Waals surface area contributed by atoms with Crippen LogP contribution in [0, 0.1) is 0 Å². The monoisotopic (exact) mass is 468 g/mol. The molecule has 3 heterocycles. The minimum atomic E-state index is -0.168. The van der Waals surface area contributed by atoms with Crippen LogP contribution in [0.3, 0.4) is 0 Å². The van der Waals surface area contributed by atoms with Gasteiger partial charge in [0.15, 0.2) is 11.5 Å². The Morgan fingerprint density at radius 2 is 1.74 bits per heavy atom. The Hall–Kier alpha value is -4.30. The maximum Gasteiger partial charge on any atom is 0.265 e. The highest BCUT2D eigenvalue weighted by Crippen LogP contribution is 2.41. The molecular weight excluding hydrogens is 444 g/mol. The number of hydrazine groups is 1. The second-order valence-electron chi connectivity index (χ2n) is 8.61. The van der Waals surface area contributed by atoms with Crippen molar-refractivity contribution in [2.45, 2.75) is 19.9 Å². The Morgan fingerprint density at radius 1 is 1.00 bits per heavy atom. The molecule has 3 aromatic carbocycles. The molecule has 0 saturated carbocycles. The fourth-order valence-electron chi connectivity index (χ4n) is 4.66. The van der Waals surface area contributed by atoms with Gasteiger partial charge in [-0.3, -0.25) is 15.0 Å². The fourth-order valence-corrected chi connectivity index (χ4v) is 4.66. The summed E-state index contributed by atoms with van der Waals surface area (Å²) in [5.74, 6) is 1.18. The van der Waals surface area contributed by atoms with Crippen LogP contribution >= 0.6 is 0 Å². The van der Waals surface area contributed by atoms with E-state index in [1.807, 2.05) is 67.6 Å². The lowest BCUT2D eigenvalue weighted by Gasteiger charge is -2.11. The molecule has 0 spiro atoms. The molecule has 2 aromatic heterocycles. The lowest BCUT2D eigenvalue weighted by Crippen LogP contribution is -2.37. The minimum Gasteiger partial charge on any atom is -0.454 e. The van der Waals surface area contributed by atoms with Crippen LogP contribution in [-0.2, 0) is 6.54 Å². The number of H-pyrrole nitrogens is 1. The topological polar surface area (TPSA) is 97.4 Å². The standard InChI is InChI=1S/C27H24N4O4/c1-2-11-28-30-26(32)17-9-7-16(8-10-17)14-31-21-13-23-22(34-15-35-23)12-20(21)24-25(31)18-5-3-4-6-19(18)27(33)29-24/h3-10,12-13,28H,2,11,14-15H2,1H3,(H,29,33)(H,30,32). The van der Waals surface area contributed by atoms with E-state index in [1.54, 1.807) is 0 Å². The average Bonchev–Trinajstić information content (AvgIpc) is 3.46. The first kappa shape index (κ1) is 21.2. The van der Waals surface area contributed by atoms with Gasteiger partial charge in [-0.05, 0) is 36.2 Å². The molecule has 0 atom stereocenters. The second kappa shape index (κ2) is 8.48. The van der Waals surface area contributed by atoms with Crippen LogP contribution in [0.5, 0.6) is 11.5 Å². The van der Waals surface area contributed by atoms with E-state index in [-0.39, 0.29) is 18.3 Å². The van der Waals surface area contributed by atoms with E-state index in [1.165, 1.54) is 0 Å². The summed E-state index contributed by atoms with van der Waals surface area (Å²) in [6.45, 7) is 3.47. The molecule has 6 rings (SSSR count). The number of ether oxygens (including phenoxy) is 2. The molecule has 0 radical (unpaired) electrons. The van der Waals surface area contributed by atoms with Gasteiger partial charge in [0.2, 0.25) is 6.79 Å². The van der Waals surface area contributed by atoms with Crippen LogP contribution in [0.4, 0.5) is 0 Å². The van der Waals surface area contributed by atoms with E-state index in [2.05, 4.69) is 20.4 Å². The quantitative estimate of drug-likeness (QED) is 0.258. The van der Waals surface area contributed by atoms with Crippen molar-refractivity contribution in [3.63, 3.8) is 0 Å². The van der Waals surface area contributed by atoms with Gasteiger partial charge in [-0.1, -0.05) is 37.3 Å². The van der Waals surface area contributed by atoms with Gasteiger partial charge in [0.25, 0.3) is 11.5 Å². The molecule has 35 heavy (non-hydrogen) atoms. The zero-order chi connectivity index (χ0) is 23.9. The van der Waals surface area contributed by atoms with Crippen molar-refractivity contribution in [1.29, 1.82) is 0 Å². The molecule has 1 aliphatic rings. The summed E-state index contributed by atoms with van der Waals surface area (Å²) in [6.07, 6.45) is 0.929. The molecule has 0 fully saturated rings. The number of hydrogen-bond donors (Lipinski definition) is 3. The summed E-state index contributed by atoms with van der Waals surface area (Å²) in [6, 6.07) is 19.1. The summed E-state index contributed by atoms with van der Waals surface area (Å²) in [5, 5.41) is 2.41. The third-order valence-electron chi connectivity index (χ3n) is 6.36. The van der Waals surface area contributed by atoms with Gasteiger partial charge >= 0.3 is 0 Å². The molecule has 0 aliphatic carbocycles. The lowest BCUT2D eigenvalue weighted by molar-refractivity contribution is 0.0933. The number of aromatic amines is 1. The van der Waals surface area contributed by atoms with Gasteiger partial charge in [0.1, 0.15) is 0 Å². The van der Waals surface area contributed by atoms with E-state index in [0.717, 1.165) is 39.3 Å². The summed E-state index contributed by atoms with van der Waals surface area (Å²) in [7, 11) is 0. The first-order valence-corrected chi connectivity index (χ1v) is 11.6. The number of pyridine rings is 1. The van der Waals surface area contributed by atoms with Gasteiger partial charge < -0.3 is 19.0 Å². The predicted octanol–water partition coefficient (Wildman–Crippen LogP) is 4.06. The third kappa shape index (κ3) is 3.59. The molecule has 8 heteroatoms. The van der Waals surface area contributed by atoms with Crippen LogP contribution < -0.4 is 25.9 Å². The van der Waals surface area contributed by atoms with Crippen molar-refractivity contribution in [3.8, 4) is 11.5 Å². The summed E-state index contributed by atoms with van der Waals surface area (Å²) < 4.78 is 13.4. The van der Waals surface area contributed by atoms with E-state index in [0.29, 0.717) is 35.5 Å². The molecule has 0 saturated heterocycles. The zero-order valence-electron chi connectivity index (χ0n) is 19.2. The van der Waals surface area contributed by atoms with Crippen molar-refractivity contribution in [3.05, 3.63) is 82.1 Å². The summed E-state index contributed by atoms with van der Waals surface area (Å²) >= 11 is 0. The Bertz CT molecular complexity index is 1650. The van der Waals surface area contributed by atoms with Crippen LogP contribution in [0.2, 0.25) is 0 Å². The summed E-state index contributed by atoms with van der Waals surface area (Å²) in [5.41, 5.74) is 9.73. The normalized spacial score (nSPS) is 12.6. The number of nitrogens with one attached hydrogen (secondary N) is 3. The SMILES string of the molecule is CCCNNC(=O)c1ccc(Cn2c3cc4c(cc3c3[nH]c(=O)c5ccccc5c32)OCO4)cc1. The molecule has 1 amide bonds. The molecular formula is C27H24N4O4. The van der Waals surface area contributed by atoms with Crippen LogP contribution in [0.1, 0.15) is 29.3 Å². The van der Waals surface area contributed by atoms with Gasteiger partial charge in [0, 0.05) is 40.9 Å². The van der Waals surface area contributed by atoms with Crippen molar-refractivity contribution in [2.24, 2.45) is 0 Å². The molecule has 3 N–H and O–H groups in total. The number of nitrogens with zero attached hydrogens (tertiary/aromatic N) is 1. The first-order valence-electron chi connectivity index (χ1n) is 11.6. The minimum absolute atomic E-state index is 0.128. The van der Waals surface area contributed by atoms with Gasteiger partial charge in [0.05, 0.1) is 16.6 Å². The number of benzene rings is 3. The molecule has 176 valence electrons. The Kier molecular flexibility index (Phi) is 5.15. The molecule has 1 aliphatic heterocycles. The number of carbonyl (C=O) groups excluding carboxylic acids is 1. The Labute approximate surface area is 200 Å². The fraction of sp³-hybridized carbons (Fsp3) is 0.185. The highest BCUT2D eigenvalue weighted by Gasteiger charge is 2.21. The maximum atomic E-state index is 12.9. The smallest absolute Gasteiger partial charge is 0.265 e. The average molecular weight is 469 g/mol. The number of carbonyl (C=O) groups is 1. The molecule has 5 aromatic rings. The predicted molar refractivity (Wildman–Crippen MR) is 135 cm³/mol. The van der Waals surface area contributed by atoms with Crippen molar-refractivity contribution in [1.82, 2.24) is 20.4 Å². The number of amides is 1. The number of rotatable bonds is 6. The van der Waals surface area contributed by atoms with E-state index < -0.39 is 0 Å². The number of hydrogen-bond acceptors (Lipinski definition) is 5. The van der Waals surface area contributed by atoms with E-state index in [9.17, 15) is 9.59 Å². The van der Waals surface area contributed by atoms with Crippen molar-refractivity contribution in [2.75, 3.05) is 13.3 Å². The van der Waals surface area contributed by atoms with E-state index >= 15 is 0 Å². The highest BCUT2D eigenvalue weighted by molar-refractivity contribution is 6.16. The van der Waals surface area contributed by atoms with Crippen LogP contribution in [-0.4, -0.2) is 28.8 Å². The van der Waals surface area contributed by atoms with E-state index in [4.69, 9.17) is 9.47 Å². The van der Waals surface area contributed by atoms with Crippen LogP contribution in [0.15, 0.2) is 65.5 Å². The van der Waals surface area contributed by atoms with Gasteiger partial charge in [-0.15, -0.1) is 0 Å². The first-order chi connectivity index (χ1) is 17.1. The molecule has 0 unspecified atom stereocenters. The van der Waals surface area contributed by atoms with Gasteiger partial charge in [-0.25, -0.2) is 5.43 Å². The molecule has 8 nitrogen and oxygen atoms in total. The largest absolute Gasteiger partial charge is 0.454 e. The lowest BCUT2D eigenvalue weighted by atomic mass is 10.1. The second-order valence-corrected chi connectivity index (χ2v) is 8.61. The van der Waals surface area contributed by atoms with Gasteiger partial charge in [-0.2, -0.15) is 0 Å². The molecule has 0 bridgehead atoms.